The third-order valence-electron chi connectivity index (χ3n) is 7.58. The molecule has 3 fully saturated rings. The van der Waals surface area contributed by atoms with Crippen molar-refractivity contribution in [2.45, 2.75) is 24.9 Å². The lowest BCUT2D eigenvalue weighted by Crippen LogP contribution is -2.57. The number of aromatic nitrogens is 5. The maximum absolute atomic E-state index is 13.4. The van der Waals surface area contributed by atoms with Gasteiger partial charge in [0.2, 0.25) is 0 Å². The van der Waals surface area contributed by atoms with Gasteiger partial charge in [-0.2, -0.15) is 4.52 Å². The molecule has 0 saturated carbocycles. The fourth-order valence-corrected chi connectivity index (χ4v) is 5.81. The second kappa shape index (κ2) is 8.74. The van der Waals surface area contributed by atoms with E-state index in [4.69, 9.17) is 4.74 Å². The number of tetrazole rings is 1. The molecule has 5 atom stereocenters. The normalized spacial score (nSPS) is 24.4. The SMILES string of the molecule is C=C[C@H]1CN2CC[C@H]1C[C@H]2[C@@H](NC(=O)c1ccccn1)c1cc2nnnn2c2ccc(OC)cc12. The van der Waals surface area contributed by atoms with Crippen LogP contribution in [0.2, 0.25) is 0 Å². The van der Waals surface area contributed by atoms with Gasteiger partial charge in [-0.1, -0.05) is 12.1 Å². The Labute approximate surface area is 202 Å². The topological polar surface area (TPSA) is 97.5 Å². The second-order valence-corrected chi connectivity index (χ2v) is 9.34. The number of amides is 1. The Hall–Kier alpha value is -3.85. The van der Waals surface area contributed by atoms with Crippen molar-refractivity contribution in [2.75, 3.05) is 20.2 Å². The molecule has 0 radical (unpaired) electrons. The number of ether oxygens (including phenoxy) is 1. The smallest absolute Gasteiger partial charge is 0.270 e. The molecule has 2 bridgehead atoms. The van der Waals surface area contributed by atoms with E-state index in [0.717, 1.165) is 48.1 Å². The van der Waals surface area contributed by atoms with Crippen LogP contribution < -0.4 is 10.1 Å². The third kappa shape index (κ3) is 3.72. The zero-order chi connectivity index (χ0) is 23.9. The lowest BCUT2D eigenvalue weighted by molar-refractivity contribution is 0.00168. The molecule has 1 amide bonds. The summed E-state index contributed by atoms with van der Waals surface area (Å²) >= 11 is 0. The van der Waals surface area contributed by atoms with Gasteiger partial charge in [0.15, 0.2) is 5.65 Å². The molecule has 9 nitrogen and oxygen atoms in total. The number of rotatable bonds is 6. The first-order chi connectivity index (χ1) is 17.2. The van der Waals surface area contributed by atoms with Gasteiger partial charge in [0, 0.05) is 24.2 Å². The number of hydrogen-bond donors (Lipinski definition) is 1. The summed E-state index contributed by atoms with van der Waals surface area (Å²) in [7, 11) is 1.65. The van der Waals surface area contributed by atoms with Crippen LogP contribution in [0.1, 0.15) is 34.9 Å². The fraction of sp³-hybridized carbons (Fsp3) is 0.346. The molecule has 6 heterocycles. The number of methoxy groups -OCH3 is 1. The summed E-state index contributed by atoms with van der Waals surface area (Å²) < 4.78 is 7.26. The Balaban J connectivity index is 1.50. The molecule has 0 aliphatic carbocycles. The van der Waals surface area contributed by atoms with Crippen molar-refractivity contribution >= 4 is 22.5 Å². The summed E-state index contributed by atoms with van der Waals surface area (Å²) in [6.07, 6.45) is 5.85. The van der Waals surface area contributed by atoms with Gasteiger partial charge in [0.05, 0.1) is 18.7 Å². The summed E-state index contributed by atoms with van der Waals surface area (Å²) in [5.41, 5.74) is 2.86. The van der Waals surface area contributed by atoms with Crippen LogP contribution in [0.5, 0.6) is 5.75 Å². The molecule has 3 aromatic heterocycles. The van der Waals surface area contributed by atoms with E-state index in [1.54, 1.807) is 23.9 Å². The van der Waals surface area contributed by atoms with Crippen LogP contribution in [-0.2, 0) is 0 Å². The van der Waals surface area contributed by atoms with Crippen LogP contribution >= 0.6 is 0 Å². The van der Waals surface area contributed by atoms with Crippen LogP contribution in [0.3, 0.4) is 0 Å². The van der Waals surface area contributed by atoms with Gasteiger partial charge >= 0.3 is 0 Å². The summed E-state index contributed by atoms with van der Waals surface area (Å²) in [6, 6.07) is 13.1. The van der Waals surface area contributed by atoms with Gasteiger partial charge in [-0.3, -0.25) is 14.7 Å². The molecule has 35 heavy (non-hydrogen) atoms. The first-order valence-corrected chi connectivity index (χ1v) is 11.9. The Morgan fingerprint density at radius 1 is 1.29 bits per heavy atom. The Morgan fingerprint density at radius 2 is 2.20 bits per heavy atom. The second-order valence-electron chi connectivity index (χ2n) is 9.34. The number of hydrogen-bond acceptors (Lipinski definition) is 7. The number of piperidine rings is 3. The largest absolute Gasteiger partial charge is 0.497 e. The number of nitrogens with zero attached hydrogens (tertiary/aromatic N) is 6. The summed E-state index contributed by atoms with van der Waals surface area (Å²) in [5, 5.41) is 16.6. The van der Waals surface area contributed by atoms with E-state index in [9.17, 15) is 4.79 Å². The highest BCUT2D eigenvalue weighted by atomic mass is 16.5. The highest BCUT2D eigenvalue weighted by Crippen LogP contribution is 2.42. The average molecular weight is 470 g/mol. The third-order valence-corrected chi connectivity index (χ3v) is 7.58. The highest BCUT2D eigenvalue weighted by molar-refractivity contribution is 5.93. The molecule has 0 spiro atoms. The van der Waals surface area contributed by atoms with E-state index in [1.807, 2.05) is 36.4 Å². The molecule has 9 heteroatoms. The molecule has 1 aromatic carbocycles. The van der Waals surface area contributed by atoms with E-state index in [2.05, 4.69) is 43.4 Å². The van der Waals surface area contributed by atoms with E-state index < -0.39 is 0 Å². The van der Waals surface area contributed by atoms with Crippen LogP contribution in [0.25, 0.3) is 16.6 Å². The van der Waals surface area contributed by atoms with Crippen molar-refractivity contribution in [3.05, 3.63) is 72.6 Å². The molecule has 3 aliphatic heterocycles. The van der Waals surface area contributed by atoms with Gasteiger partial charge in [-0.05, 0) is 83.6 Å². The van der Waals surface area contributed by atoms with Gasteiger partial charge in [-0.25, -0.2) is 0 Å². The van der Waals surface area contributed by atoms with E-state index in [1.165, 1.54) is 0 Å². The van der Waals surface area contributed by atoms with Crippen molar-refractivity contribution in [3.8, 4) is 5.75 Å². The number of pyridine rings is 2. The zero-order valence-electron chi connectivity index (χ0n) is 19.5. The highest BCUT2D eigenvalue weighted by Gasteiger charge is 2.43. The number of carbonyl (C=O) groups excluding carboxylic acids is 1. The molecule has 178 valence electrons. The molecule has 1 unspecified atom stereocenters. The summed E-state index contributed by atoms with van der Waals surface area (Å²) in [5.74, 6) is 1.57. The summed E-state index contributed by atoms with van der Waals surface area (Å²) in [4.78, 5) is 20.2. The maximum atomic E-state index is 13.4. The molecular formula is C26H27N7O2. The van der Waals surface area contributed by atoms with Crippen molar-refractivity contribution in [3.63, 3.8) is 0 Å². The van der Waals surface area contributed by atoms with E-state index >= 15 is 0 Å². The predicted molar refractivity (Wildman–Crippen MR) is 131 cm³/mol. The van der Waals surface area contributed by atoms with Crippen LogP contribution in [0.15, 0.2) is 61.3 Å². The predicted octanol–water partition coefficient (Wildman–Crippen LogP) is 3.05. The minimum atomic E-state index is -0.283. The van der Waals surface area contributed by atoms with Gasteiger partial charge < -0.3 is 10.1 Å². The number of benzene rings is 1. The zero-order valence-corrected chi connectivity index (χ0v) is 19.5. The Kier molecular flexibility index (Phi) is 5.41. The van der Waals surface area contributed by atoms with Crippen LogP contribution in [-0.4, -0.2) is 62.1 Å². The summed E-state index contributed by atoms with van der Waals surface area (Å²) in [6.45, 7) is 6.02. The molecule has 3 aliphatic rings. The first kappa shape index (κ1) is 21.7. The Bertz CT molecular complexity index is 1400. The fourth-order valence-electron chi connectivity index (χ4n) is 5.81. The van der Waals surface area contributed by atoms with Gasteiger partial charge in [0.1, 0.15) is 11.4 Å². The maximum Gasteiger partial charge on any atom is 0.270 e. The number of fused-ring (bicyclic) bond motifs is 6. The quantitative estimate of drug-likeness (QED) is 0.434. The van der Waals surface area contributed by atoms with Crippen molar-refractivity contribution < 1.29 is 9.53 Å². The Morgan fingerprint density at radius 3 is 2.94 bits per heavy atom. The van der Waals surface area contributed by atoms with Gasteiger partial charge in [-0.15, -0.1) is 11.7 Å². The van der Waals surface area contributed by atoms with E-state index in [0.29, 0.717) is 23.2 Å². The molecular weight excluding hydrogens is 442 g/mol. The standard InChI is InChI=1S/C26H27N7O2/c1-3-16-15-32-11-9-17(16)12-23(32)25(28-26(34)21-6-4-5-10-27-21)20-14-24-29-30-31-33(24)22-8-7-18(35-2)13-19(20)22/h3-8,10,13-14,16-17,23,25H,1,9,11-12,15H2,2H3,(H,28,34)/t16-,17-,23-,25-/m0/s1. The van der Waals surface area contributed by atoms with Crippen molar-refractivity contribution in [2.24, 2.45) is 11.8 Å². The minimum absolute atomic E-state index is 0.130. The number of nitrogens with one attached hydrogen (secondary N) is 1. The van der Waals surface area contributed by atoms with Crippen LogP contribution in [0.4, 0.5) is 0 Å². The van der Waals surface area contributed by atoms with E-state index in [-0.39, 0.29) is 18.0 Å². The van der Waals surface area contributed by atoms with Crippen molar-refractivity contribution in [1.82, 2.24) is 35.2 Å². The molecule has 4 aromatic rings. The first-order valence-electron chi connectivity index (χ1n) is 11.9. The monoisotopic (exact) mass is 469 g/mol. The number of carbonyl (C=O) groups is 1. The lowest BCUT2D eigenvalue weighted by Gasteiger charge is -2.51. The molecule has 1 N–H and O–H groups in total. The van der Waals surface area contributed by atoms with Gasteiger partial charge in [0.25, 0.3) is 5.91 Å². The molecule has 7 rings (SSSR count). The molecule has 3 saturated heterocycles. The minimum Gasteiger partial charge on any atom is -0.497 e. The lowest BCUT2D eigenvalue weighted by atomic mass is 9.73. The van der Waals surface area contributed by atoms with Crippen LogP contribution in [0, 0.1) is 11.8 Å². The van der Waals surface area contributed by atoms with Crippen molar-refractivity contribution in [1.29, 1.82) is 0 Å². The average Bonchev–Trinajstić information content (AvgIpc) is 3.40.